The summed E-state index contributed by atoms with van der Waals surface area (Å²) in [6, 6.07) is 5.76. The Labute approximate surface area is 99.8 Å². The van der Waals surface area contributed by atoms with Crippen molar-refractivity contribution in [3.8, 4) is 5.75 Å². The van der Waals surface area contributed by atoms with Gasteiger partial charge in [-0.2, -0.15) is 0 Å². The van der Waals surface area contributed by atoms with Crippen molar-refractivity contribution in [1.29, 1.82) is 0 Å². The van der Waals surface area contributed by atoms with E-state index in [0.29, 0.717) is 12.0 Å². The lowest BCUT2D eigenvalue weighted by Crippen LogP contribution is -2.41. The van der Waals surface area contributed by atoms with Gasteiger partial charge in [0.2, 0.25) is 5.91 Å². The molecule has 1 rings (SSSR count). The molecule has 0 atom stereocenters. The molecule has 0 spiro atoms. The lowest BCUT2D eigenvalue weighted by atomic mass is 10.1. The van der Waals surface area contributed by atoms with E-state index >= 15 is 0 Å². The zero-order valence-corrected chi connectivity index (χ0v) is 9.86. The Hall–Kier alpha value is -2.04. The minimum absolute atomic E-state index is 0.0883. The maximum absolute atomic E-state index is 11.5. The first-order chi connectivity index (χ1) is 7.99. The number of rotatable bonds is 3. The van der Waals surface area contributed by atoms with Crippen molar-refractivity contribution in [1.82, 2.24) is 10.9 Å². The maximum Gasteiger partial charge on any atom is 0.269 e. The molecule has 2 amide bonds. The SMILES string of the molecule is CC(C)CC(=O)NNC(=O)c1ccc(O)cc1. The molecule has 0 unspecified atom stereocenters. The van der Waals surface area contributed by atoms with Crippen molar-refractivity contribution in [2.24, 2.45) is 5.92 Å². The topological polar surface area (TPSA) is 78.4 Å². The molecule has 5 nitrogen and oxygen atoms in total. The Balaban J connectivity index is 2.45. The molecule has 1 aromatic carbocycles. The molecule has 0 aliphatic heterocycles. The van der Waals surface area contributed by atoms with E-state index in [-0.39, 0.29) is 17.6 Å². The zero-order chi connectivity index (χ0) is 12.8. The molecule has 0 aliphatic rings. The van der Waals surface area contributed by atoms with Crippen LogP contribution in [0.1, 0.15) is 30.6 Å². The van der Waals surface area contributed by atoms with Crippen molar-refractivity contribution < 1.29 is 14.7 Å². The highest BCUT2D eigenvalue weighted by Gasteiger charge is 2.08. The van der Waals surface area contributed by atoms with Gasteiger partial charge in [0.05, 0.1) is 0 Å². The van der Waals surface area contributed by atoms with Crippen molar-refractivity contribution in [2.45, 2.75) is 20.3 Å². The average Bonchev–Trinajstić information content (AvgIpc) is 2.26. The number of nitrogens with one attached hydrogen (secondary N) is 2. The summed E-state index contributed by atoms with van der Waals surface area (Å²) in [5, 5.41) is 9.05. The first-order valence-corrected chi connectivity index (χ1v) is 5.37. The highest BCUT2D eigenvalue weighted by molar-refractivity contribution is 5.95. The molecule has 3 N–H and O–H groups in total. The van der Waals surface area contributed by atoms with Crippen molar-refractivity contribution in [3.05, 3.63) is 29.8 Å². The first kappa shape index (κ1) is 13.0. The lowest BCUT2D eigenvalue weighted by molar-refractivity contribution is -0.122. The number of hydrogen-bond donors (Lipinski definition) is 3. The fourth-order valence-corrected chi connectivity index (χ4v) is 1.23. The van der Waals surface area contributed by atoms with Crippen LogP contribution in [-0.4, -0.2) is 16.9 Å². The molecule has 0 saturated heterocycles. The molecule has 0 bridgehead atoms. The van der Waals surface area contributed by atoms with E-state index in [1.165, 1.54) is 24.3 Å². The fourth-order valence-electron chi connectivity index (χ4n) is 1.23. The molecule has 1 aromatic rings. The van der Waals surface area contributed by atoms with E-state index in [4.69, 9.17) is 5.11 Å². The summed E-state index contributed by atoms with van der Waals surface area (Å²) in [6.45, 7) is 3.84. The number of aromatic hydroxyl groups is 1. The standard InChI is InChI=1S/C12H16N2O3/c1-8(2)7-11(16)13-14-12(17)9-3-5-10(15)6-4-9/h3-6,8,15H,7H2,1-2H3,(H,13,16)(H,14,17). The number of carbonyl (C=O) groups excluding carboxylic acids is 2. The van der Waals surface area contributed by atoms with E-state index in [0.717, 1.165) is 0 Å². The summed E-state index contributed by atoms with van der Waals surface area (Å²) in [7, 11) is 0. The molecule has 0 aliphatic carbocycles. The number of phenolic OH excluding ortho intramolecular Hbond substituents is 1. The van der Waals surface area contributed by atoms with Gasteiger partial charge >= 0.3 is 0 Å². The number of phenols is 1. The maximum atomic E-state index is 11.5. The van der Waals surface area contributed by atoms with Crippen LogP contribution in [0.25, 0.3) is 0 Å². The van der Waals surface area contributed by atoms with E-state index < -0.39 is 5.91 Å². The van der Waals surface area contributed by atoms with Gasteiger partial charge in [0.15, 0.2) is 0 Å². The third kappa shape index (κ3) is 4.55. The average molecular weight is 236 g/mol. The largest absolute Gasteiger partial charge is 0.508 e. The van der Waals surface area contributed by atoms with E-state index in [9.17, 15) is 9.59 Å². The molecular formula is C12H16N2O3. The molecule has 0 radical (unpaired) electrons. The van der Waals surface area contributed by atoms with Gasteiger partial charge in [0, 0.05) is 12.0 Å². The molecule has 0 saturated carbocycles. The number of benzene rings is 1. The Morgan fingerprint density at radius 2 is 1.76 bits per heavy atom. The van der Waals surface area contributed by atoms with Crippen molar-refractivity contribution >= 4 is 11.8 Å². The van der Waals surface area contributed by atoms with Crippen LogP contribution in [0.15, 0.2) is 24.3 Å². The molecule has 0 aromatic heterocycles. The summed E-state index contributed by atoms with van der Waals surface area (Å²) in [5.41, 5.74) is 5.00. The minimum atomic E-state index is -0.415. The van der Waals surface area contributed by atoms with Crippen LogP contribution in [0.2, 0.25) is 0 Å². The molecule has 5 heteroatoms. The van der Waals surface area contributed by atoms with Crippen molar-refractivity contribution in [2.75, 3.05) is 0 Å². The van der Waals surface area contributed by atoms with Gasteiger partial charge in [0.25, 0.3) is 5.91 Å². The van der Waals surface area contributed by atoms with Crippen LogP contribution in [0, 0.1) is 5.92 Å². The molecule has 0 fully saturated rings. The smallest absolute Gasteiger partial charge is 0.269 e. The minimum Gasteiger partial charge on any atom is -0.508 e. The van der Waals surface area contributed by atoms with Gasteiger partial charge in [-0.15, -0.1) is 0 Å². The normalized spacial score (nSPS) is 10.1. The lowest BCUT2D eigenvalue weighted by Gasteiger charge is -2.08. The van der Waals surface area contributed by atoms with Crippen LogP contribution >= 0.6 is 0 Å². The fraction of sp³-hybridized carbons (Fsp3) is 0.333. The van der Waals surface area contributed by atoms with Gasteiger partial charge in [0.1, 0.15) is 5.75 Å². The van der Waals surface area contributed by atoms with Gasteiger partial charge in [-0.1, -0.05) is 13.8 Å². The summed E-state index contributed by atoms with van der Waals surface area (Å²) < 4.78 is 0. The number of carbonyl (C=O) groups is 2. The summed E-state index contributed by atoms with van der Waals surface area (Å²) >= 11 is 0. The third-order valence-corrected chi connectivity index (χ3v) is 2.04. The zero-order valence-electron chi connectivity index (χ0n) is 9.86. The highest BCUT2D eigenvalue weighted by Crippen LogP contribution is 2.09. The molecule has 92 valence electrons. The Kier molecular flexibility index (Phi) is 4.51. The van der Waals surface area contributed by atoms with E-state index in [2.05, 4.69) is 10.9 Å². The number of amides is 2. The molecule has 17 heavy (non-hydrogen) atoms. The predicted octanol–water partition coefficient (Wildman–Crippen LogP) is 1.20. The number of hydrogen-bond acceptors (Lipinski definition) is 3. The van der Waals surface area contributed by atoms with Gasteiger partial charge in [-0.25, -0.2) is 0 Å². The molecular weight excluding hydrogens is 220 g/mol. The Morgan fingerprint density at radius 1 is 1.18 bits per heavy atom. The van der Waals surface area contributed by atoms with E-state index in [1.54, 1.807) is 0 Å². The van der Waals surface area contributed by atoms with Crippen LogP contribution in [0.3, 0.4) is 0 Å². The van der Waals surface area contributed by atoms with Crippen LogP contribution < -0.4 is 10.9 Å². The van der Waals surface area contributed by atoms with Crippen LogP contribution in [0.5, 0.6) is 5.75 Å². The summed E-state index contributed by atoms with van der Waals surface area (Å²) in [6.07, 6.45) is 0.357. The summed E-state index contributed by atoms with van der Waals surface area (Å²) in [4.78, 5) is 22.8. The van der Waals surface area contributed by atoms with Crippen LogP contribution in [-0.2, 0) is 4.79 Å². The van der Waals surface area contributed by atoms with Gasteiger partial charge < -0.3 is 5.11 Å². The van der Waals surface area contributed by atoms with E-state index in [1.807, 2.05) is 13.8 Å². The first-order valence-electron chi connectivity index (χ1n) is 5.37. The van der Waals surface area contributed by atoms with Gasteiger partial charge in [-0.3, -0.25) is 20.4 Å². The quantitative estimate of drug-likeness (QED) is 0.690. The van der Waals surface area contributed by atoms with Crippen LogP contribution in [0.4, 0.5) is 0 Å². The second-order valence-electron chi connectivity index (χ2n) is 4.15. The molecule has 0 heterocycles. The second kappa shape index (κ2) is 5.89. The highest BCUT2D eigenvalue weighted by atomic mass is 16.3. The Morgan fingerprint density at radius 3 is 2.29 bits per heavy atom. The number of hydrazine groups is 1. The Bertz CT molecular complexity index is 399. The second-order valence-corrected chi connectivity index (χ2v) is 4.15. The summed E-state index contributed by atoms with van der Waals surface area (Å²) in [5.74, 6) is -0.319. The predicted molar refractivity (Wildman–Crippen MR) is 63.2 cm³/mol. The monoisotopic (exact) mass is 236 g/mol. The van der Waals surface area contributed by atoms with Gasteiger partial charge in [-0.05, 0) is 30.2 Å². The third-order valence-electron chi connectivity index (χ3n) is 2.04. The van der Waals surface area contributed by atoms with Crippen molar-refractivity contribution in [3.63, 3.8) is 0 Å².